The van der Waals surface area contributed by atoms with Gasteiger partial charge in [-0.25, -0.2) is 0 Å². The lowest BCUT2D eigenvalue weighted by Crippen LogP contribution is -2.41. The van der Waals surface area contributed by atoms with Crippen LogP contribution in [0.25, 0.3) is 10.1 Å². The first-order valence-corrected chi connectivity index (χ1v) is 7.93. The number of fused-ring (bicyclic) bond motifs is 1. The summed E-state index contributed by atoms with van der Waals surface area (Å²) < 4.78 is 1.32. The van der Waals surface area contributed by atoms with Crippen LogP contribution < -0.4 is 5.32 Å². The van der Waals surface area contributed by atoms with Crippen LogP contribution in [0.1, 0.15) is 31.2 Å². The molecule has 3 rings (SSSR count). The van der Waals surface area contributed by atoms with Gasteiger partial charge in [0.05, 0.1) is 5.60 Å². The fourth-order valence-electron chi connectivity index (χ4n) is 3.14. The van der Waals surface area contributed by atoms with Crippen LogP contribution in [-0.4, -0.2) is 23.8 Å². The van der Waals surface area contributed by atoms with Gasteiger partial charge in [0.1, 0.15) is 0 Å². The third-order valence-corrected chi connectivity index (χ3v) is 5.42. The molecule has 2 aromatic rings. The molecule has 0 aliphatic heterocycles. The zero-order valence-corrected chi connectivity index (χ0v) is 12.2. The maximum Gasteiger partial charge on any atom is 0.0689 e. The normalized spacial score (nSPS) is 27.8. The van der Waals surface area contributed by atoms with Crippen molar-refractivity contribution >= 4 is 21.4 Å². The van der Waals surface area contributed by atoms with Crippen molar-refractivity contribution in [3.05, 3.63) is 35.2 Å². The Hall–Kier alpha value is -0.900. The average Bonchev–Trinajstić information content (AvgIpc) is 2.83. The van der Waals surface area contributed by atoms with Gasteiger partial charge in [-0.3, -0.25) is 0 Å². The standard InChI is InChI=1S/C16H21NOS/c1-17-13-6-8-16(18,9-7-13)10-12-11-19-15-5-3-2-4-14(12)15/h2-5,11,13,17-18H,6-10H2,1H3. The third kappa shape index (κ3) is 2.69. The Morgan fingerprint density at radius 3 is 2.79 bits per heavy atom. The van der Waals surface area contributed by atoms with Gasteiger partial charge in [0.25, 0.3) is 0 Å². The van der Waals surface area contributed by atoms with Gasteiger partial charge in [0.15, 0.2) is 0 Å². The highest BCUT2D eigenvalue weighted by Crippen LogP contribution is 2.35. The summed E-state index contributed by atoms with van der Waals surface area (Å²) in [5.41, 5.74) is 0.808. The topological polar surface area (TPSA) is 32.3 Å². The maximum atomic E-state index is 10.8. The predicted molar refractivity (Wildman–Crippen MR) is 81.8 cm³/mol. The first kappa shape index (κ1) is 13.1. The maximum absolute atomic E-state index is 10.8. The lowest BCUT2D eigenvalue weighted by atomic mass is 9.78. The van der Waals surface area contributed by atoms with Crippen LogP contribution in [0, 0.1) is 0 Å². The van der Waals surface area contributed by atoms with E-state index in [1.807, 2.05) is 7.05 Å². The van der Waals surface area contributed by atoms with E-state index >= 15 is 0 Å². The van der Waals surface area contributed by atoms with Crippen molar-refractivity contribution in [2.24, 2.45) is 0 Å². The van der Waals surface area contributed by atoms with E-state index in [0.29, 0.717) is 6.04 Å². The molecule has 1 fully saturated rings. The molecule has 0 amide bonds. The number of thiophene rings is 1. The highest BCUT2D eigenvalue weighted by atomic mass is 32.1. The molecule has 1 saturated carbocycles. The fourth-order valence-corrected chi connectivity index (χ4v) is 4.11. The Morgan fingerprint density at radius 1 is 1.32 bits per heavy atom. The van der Waals surface area contributed by atoms with Crippen LogP contribution in [0.2, 0.25) is 0 Å². The summed E-state index contributed by atoms with van der Waals surface area (Å²) in [6.07, 6.45) is 4.77. The molecular formula is C16H21NOS. The smallest absolute Gasteiger partial charge is 0.0689 e. The molecule has 2 N–H and O–H groups in total. The van der Waals surface area contributed by atoms with E-state index < -0.39 is 5.60 Å². The van der Waals surface area contributed by atoms with Crippen molar-refractivity contribution in [3.63, 3.8) is 0 Å². The van der Waals surface area contributed by atoms with Crippen LogP contribution >= 0.6 is 11.3 Å². The number of rotatable bonds is 3. The highest BCUT2D eigenvalue weighted by molar-refractivity contribution is 7.17. The molecule has 1 aliphatic rings. The summed E-state index contributed by atoms with van der Waals surface area (Å²) in [5, 5.41) is 17.6. The van der Waals surface area contributed by atoms with Crippen molar-refractivity contribution in [1.29, 1.82) is 0 Å². The second kappa shape index (κ2) is 5.23. The first-order valence-electron chi connectivity index (χ1n) is 7.05. The predicted octanol–water partition coefficient (Wildman–Crippen LogP) is 3.34. The van der Waals surface area contributed by atoms with Crippen molar-refractivity contribution in [3.8, 4) is 0 Å². The van der Waals surface area contributed by atoms with Gasteiger partial charge in [-0.1, -0.05) is 18.2 Å². The summed E-state index contributed by atoms with van der Waals surface area (Å²) >= 11 is 1.78. The molecular weight excluding hydrogens is 254 g/mol. The lowest BCUT2D eigenvalue weighted by Gasteiger charge is -2.36. The molecule has 0 unspecified atom stereocenters. The fraction of sp³-hybridized carbons (Fsp3) is 0.500. The summed E-state index contributed by atoms with van der Waals surface area (Å²) in [6, 6.07) is 9.07. The number of benzene rings is 1. The minimum atomic E-state index is -0.503. The summed E-state index contributed by atoms with van der Waals surface area (Å²) in [6.45, 7) is 0. The van der Waals surface area contributed by atoms with Crippen molar-refractivity contribution in [2.45, 2.75) is 43.7 Å². The van der Waals surface area contributed by atoms with Gasteiger partial charge < -0.3 is 10.4 Å². The molecule has 19 heavy (non-hydrogen) atoms. The van der Waals surface area contributed by atoms with Gasteiger partial charge in [0, 0.05) is 17.2 Å². The Kier molecular flexibility index (Phi) is 3.61. The second-order valence-electron chi connectivity index (χ2n) is 5.72. The minimum Gasteiger partial charge on any atom is -0.390 e. The molecule has 102 valence electrons. The number of hydrogen-bond donors (Lipinski definition) is 2. The number of aliphatic hydroxyl groups is 1. The summed E-state index contributed by atoms with van der Waals surface area (Å²) in [5.74, 6) is 0. The van der Waals surface area contributed by atoms with Crippen LogP contribution in [0.15, 0.2) is 29.6 Å². The molecule has 1 heterocycles. The highest BCUT2D eigenvalue weighted by Gasteiger charge is 2.33. The first-order chi connectivity index (χ1) is 9.20. The SMILES string of the molecule is CNC1CCC(O)(Cc2csc3ccccc23)CC1. The van der Waals surface area contributed by atoms with Crippen molar-refractivity contribution in [1.82, 2.24) is 5.32 Å². The van der Waals surface area contributed by atoms with E-state index in [9.17, 15) is 5.11 Å². The van der Waals surface area contributed by atoms with Crippen LogP contribution in [0.3, 0.4) is 0 Å². The van der Waals surface area contributed by atoms with E-state index in [1.54, 1.807) is 11.3 Å². The molecule has 1 aromatic carbocycles. The zero-order valence-electron chi connectivity index (χ0n) is 11.4. The van der Waals surface area contributed by atoms with E-state index in [4.69, 9.17) is 0 Å². The molecule has 0 saturated heterocycles. The molecule has 0 atom stereocenters. The van der Waals surface area contributed by atoms with Crippen LogP contribution in [-0.2, 0) is 6.42 Å². The monoisotopic (exact) mass is 275 g/mol. The Bertz CT molecular complexity index is 555. The van der Waals surface area contributed by atoms with Gasteiger partial charge in [-0.05, 0) is 55.1 Å². The van der Waals surface area contributed by atoms with Crippen molar-refractivity contribution < 1.29 is 5.11 Å². The third-order valence-electron chi connectivity index (χ3n) is 4.41. The van der Waals surface area contributed by atoms with E-state index in [0.717, 1.165) is 32.1 Å². The van der Waals surface area contributed by atoms with Crippen LogP contribution in [0.5, 0.6) is 0 Å². The van der Waals surface area contributed by atoms with E-state index in [-0.39, 0.29) is 0 Å². The summed E-state index contributed by atoms with van der Waals surface area (Å²) in [7, 11) is 2.02. The zero-order chi connectivity index (χ0) is 13.3. The molecule has 1 aromatic heterocycles. The van der Waals surface area contributed by atoms with Gasteiger partial charge in [-0.2, -0.15) is 0 Å². The largest absolute Gasteiger partial charge is 0.390 e. The molecule has 3 heteroatoms. The van der Waals surface area contributed by atoms with E-state index in [2.05, 4.69) is 35.0 Å². The molecule has 0 bridgehead atoms. The average molecular weight is 275 g/mol. The lowest BCUT2D eigenvalue weighted by molar-refractivity contribution is -0.00209. The molecule has 1 aliphatic carbocycles. The van der Waals surface area contributed by atoms with Gasteiger partial charge in [0.2, 0.25) is 0 Å². The molecule has 0 spiro atoms. The summed E-state index contributed by atoms with van der Waals surface area (Å²) in [4.78, 5) is 0. The van der Waals surface area contributed by atoms with Gasteiger partial charge in [-0.15, -0.1) is 11.3 Å². The quantitative estimate of drug-likeness (QED) is 0.900. The minimum absolute atomic E-state index is 0.503. The second-order valence-corrected chi connectivity index (χ2v) is 6.63. The number of hydrogen-bond acceptors (Lipinski definition) is 3. The Labute approximate surface area is 118 Å². The Balaban J connectivity index is 1.77. The Morgan fingerprint density at radius 2 is 2.05 bits per heavy atom. The number of nitrogens with one attached hydrogen (secondary N) is 1. The van der Waals surface area contributed by atoms with E-state index in [1.165, 1.54) is 15.6 Å². The van der Waals surface area contributed by atoms with Crippen molar-refractivity contribution in [2.75, 3.05) is 7.05 Å². The molecule has 2 nitrogen and oxygen atoms in total. The van der Waals surface area contributed by atoms with Gasteiger partial charge >= 0.3 is 0 Å². The van der Waals surface area contributed by atoms with Crippen LogP contribution in [0.4, 0.5) is 0 Å². The molecule has 0 radical (unpaired) electrons.